The summed E-state index contributed by atoms with van der Waals surface area (Å²) in [6.07, 6.45) is 8.22. The van der Waals surface area contributed by atoms with Crippen molar-refractivity contribution in [1.29, 1.82) is 0 Å². The molecule has 96 valence electrons. The molecule has 0 N–H and O–H groups in total. The van der Waals surface area contributed by atoms with Crippen LogP contribution < -0.4 is 0 Å². The fraction of sp³-hybridized carbons (Fsp3) is 0.263. The van der Waals surface area contributed by atoms with E-state index in [0.29, 0.717) is 5.92 Å². The van der Waals surface area contributed by atoms with E-state index in [-0.39, 0.29) is 0 Å². The predicted octanol–water partition coefficient (Wildman–Crippen LogP) is 5.19. The van der Waals surface area contributed by atoms with Crippen molar-refractivity contribution in [3.63, 3.8) is 0 Å². The molecule has 1 aliphatic carbocycles. The summed E-state index contributed by atoms with van der Waals surface area (Å²) in [4.78, 5) is 0. The highest BCUT2D eigenvalue weighted by atomic mass is 14.2. The van der Waals surface area contributed by atoms with Crippen molar-refractivity contribution in [2.75, 3.05) is 0 Å². The average Bonchev–Trinajstić information content (AvgIpc) is 2.85. The second-order valence-electron chi connectivity index (χ2n) is 5.34. The molecule has 0 nitrogen and oxygen atoms in total. The van der Waals surface area contributed by atoms with Crippen molar-refractivity contribution in [1.82, 2.24) is 0 Å². The maximum atomic E-state index is 2.38. The third-order valence-electron chi connectivity index (χ3n) is 3.95. The van der Waals surface area contributed by atoms with Crippen LogP contribution in [0.1, 0.15) is 47.9 Å². The fourth-order valence-corrected chi connectivity index (χ4v) is 3.07. The highest BCUT2D eigenvalue weighted by molar-refractivity contribution is 5.64. The number of hydrogen-bond donors (Lipinski definition) is 0. The lowest BCUT2D eigenvalue weighted by Gasteiger charge is -2.15. The van der Waals surface area contributed by atoms with E-state index >= 15 is 0 Å². The normalized spacial score (nSPS) is 16.6. The van der Waals surface area contributed by atoms with Gasteiger partial charge >= 0.3 is 0 Å². The number of hydrogen-bond acceptors (Lipinski definition) is 0. The molecule has 0 heteroatoms. The topological polar surface area (TPSA) is 0 Å². The van der Waals surface area contributed by atoms with Crippen molar-refractivity contribution in [3.05, 3.63) is 76.9 Å². The molecule has 0 aliphatic heterocycles. The molecule has 0 amide bonds. The monoisotopic (exact) mass is 248 g/mol. The van der Waals surface area contributed by atoms with Crippen LogP contribution in [0.15, 0.2) is 54.6 Å². The van der Waals surface area contributed by atoms with Gasteiger partial charge in [-0.25, -0.2) is 0 Å². The maximum Gasteiger partial charge on any atom is 0.00299 e. The Kier molecular flexibility index (Phi) is 3.50. The molecule has 1 aliphatic rings. The van der Waals surface area contributed by atoms with Crippen LogP contribution in [0.5, 0.6) is 0 Å². The van der Waals surface area contributed by atoms with E-state index in [4.69, 9.17) is 0 Å². The Bertz CT molecular complexity index is 578. The van der Waals surface area contributed by atoms with Gasteiger partial charge in [0.1, 0.15) is 0 Å². The average molecular weight is 248 g/mol. The van der Waals surface area contributed by atoms with Gasteiger partial charge in [0, 0.05) is 5.92 Å². The van der Waals surface area contributed by atoms with Gasteiger partial charge in [0.25, 0.3) is 0 Å². The zero-order valence-corrected chi connectivity index (χ0v) is 11.5. The highest BCUT2D eigenvalue weighted by Crippen LogP contribution is 2.36. The number of allylic oxidation sites excluding steroid dienone is 1. The Morgan fingerprint density at radius 3 is 2.58 bits per heavy atom. The first-order valence-electron chi connectivity index (χ1n) is 7.22. The lowest BCUT2D eigenvalue weighted by Crippen LogP contribution is -2.00. The minimum atomic E-state index is 0.625. The fourth-order valence-electron chi connectivity index (χ4n) is 3.07. The Hall–Kier alpha value is -1.82. The number of rotatable bonds is 4. The standard InChI is InChI=1S/C19H20/c1-2-7-16-12-13-17-10-6-11-18(19(16)17)14-15-8-4-3-5-9-15/h3-6,8-13,16H,2,7,14H2,1H3. The summed E-state index contributed by atoms with van der Waals surface area (Å²) < 4.78 is 0. The molecule has 0 saturated heterocycles. The first kappa shape index (κ1) is 12.2. The van der Waals surface area contributed by atoms with Gasteiger partial charge in [-0.3, -0.25) is 0 Å². The molecule has 0 bridgehead atoms. The highest BCUT2D eigenvalue weighted by Gasteiger charge is 2.19. The van der Waals surface area contributed by atoms with Gasteiger partial charge in [0.2, 0.25) is 0 Å². The van der Waals surface area contributed by atoms with E-state index in [2.05, 4.69) is 67.6 Å². The minimum Gasteiger partial charge on any atom is -0.0764 e. The molecular weight excluding hydrogens is 228 g/mol. The van der Waals surface area contributed by atoms with Crippen LogP contribution in [-0.2, 0) is 6.42 Å². The molecular formula is C19H20. The van der Waals surface area contributed by atoms with Gasteiger partial charge in [0.05, 0.1) is 0 Å². The van der Waals surface area contributed by atoms with Crippen molar-refractivity contribution in [3.8, 4) is 0 Å². The maximum absolute atomic E-state index is 2.38. The summed E-state index contributed by atoms with van der Waals surface area (Å²) in [5.74, 6) is 0.625. The van der Waals surface area contributed by atoms with E-state index in [9.17, 15) is 0 Å². The summed E-state index contributed by atoms with van der Waals surface area (Å²) >= 11 is 0. The second kappa shape index (κ2) is 5.44. The van der Waals surface area contributed by atoms with Crippen molar-refractivity contribution >= 4 is 6.08 Å². The van der Waals surface area contributed by atoms with Crippen LogP contribution in [0.2, 0.25) is 0 Å². The van der Waals surface area contributed by atoms with Crippen LogP contribution in [-0.4, -0.2) is 0 Å². The Labute approximate surface area is 115 Å². The van der Waals surface area contributed by atoms with E-state index < -0.39 is 0 Å². The van der Waals surface area contributed by atoms with Gasteiger partial charge in [0.15, 0.2) is 0 Å². The lowest BCUT2D eigenvalue weighted by atomic mass is 9.89. The van der Waals surface area contributed by atoms with Crippen LogP contribution in [0.4, 0.5) is 0 Å². The van der Waals surface area contributed by atoms with Crippen LogP contribution >= 0.6 is 0 Å². The second-order valence-corrected chi connectivity index (χ2v) is 5.34. The van der Waals surface area contributed by atoms with Gasteiger partial charge in [-0.2, -0.15) is 0 Å². The van der Waals surface area contributed by atoms with Gasteiger partial charge < -0.3 is 0 Å². The molecule has 3 rings (SSSR count). The third-order valence-corrected chi connectivity index (χ3v) is 3.95. The summed E-state index contributed by atoms with van der Waals surface area (Å²) in [5, 5.41) is 0. The molecule has 0 saturated carbocycles. The number of benzene rings is 2. The molecule has 0 heterocycles. The van der Waals surface area contributed by atoms with Gasteiger partial charge in [-0.15, -0.1) is 0 Å². The van der Waals surface area contributed by atoms with Crippen molar-refractivity contribution in [2.45, 2.75) is 32.1 Å². The zero-order valence-electron chi connectivity index (χ0n) is 11.5. The van der Waals surface area contributed by atoms with Gasteiger partial charge in [-0.1, -0.05) is 74.0 Å². The molecule has 2 aromatic carbocycles. The molecule has 19 heavy (non-hydrogen) atoms. The van der Waals surface area contributed by atoms with Gasteiger partial charge in [-0.05, 0) is 35.1 Å². The summed E-state index contributed by atoms with van der Waals surface area (Å²) in [6.45, 7) is 2.27. The van der Waals surface area contributed by atoms with Crippen molar-refractivity contribution < 1.29 is 0 Å². The first-order valence-corrected chi connectivity index (χ1v) is 7.22. The Morgan fingerprint density at radius 2 is 1.79 bits per heavy atom. The lowest BCUT2D eigenvalue weighted by molar-refractivity contribution is 0.720. The molecule has 2 aromatic rings. The Morgan fingerprint density at radius 1 is 0.947 bits per heavy atom. The van der Waals surface area contributed by atoms with E-state index in [1.165, 1.54) is 29.5 Å². The van der Waals surface area contributed by atoms with E-state index in [1.807, 2.05) is 0 Å². The SMILES string of the molecule is CCCC1C=Cc2cccc(Cc3ccccc3)c21. The van der Waals surface area contributed by atoms with Crippen LogP contribution in [0.25, 0.3) is 6.08 Å². The zero-order chi connectivity index (χ0) is 13.1. The molecule has 0 radical (unpaired) electrons. The van der Waals surface area contributed by atoms with Crippen LogP contribution in [0, 0.1) is 0 Å². The van der Waals surface area contributed by atoms with Crippen LogP contribution in [0.3, 0.4) is 0 Å². The molecule has 0 spiro atoms. The summed E-state index contributed by atoms with van der Waals surface area (Å²) in [5.41, 5.74) is 5.88. The smallest absolute Gasteiger partial charge is 0.00299 e. The summed E-state index contributed by atoms with van der Waals surface area (Å²) in [6, 6.07) is 17.5. The predicted molar refractivity (Wildman–Crippen MR) is 82.4 cm³/mol. The summed E-state index contributed by atoms with van der Waals surface area (Å²) in [7, 11) is 0. The van der Waals surface area contributed by atoms with E-state index in [0.717, 1.165) is 6.42 Å². The third kappa shape index (κ3) is 2.49. The minimum absolute atomic E-state index is 0.625. The molecule has 1 unspecified atom stereocenters. The largest absolute Gasteiger partial charge is 0.0764 e. The first-order chi connectivity index (χ1) is 9.38. The quantitative estimate of drug-likeness (QED) is 0.698. The molecule has 0 aromatic heterocycles. The Balaban J connectivity index is 1.94. The van der Waals surface area contributed by atoms with Crippen molar-refractivity contribution in [2.24, 2.45) is 0 Å². The molecule has 1 atom stereocenters. The van der Waals surface area contributed by atoms with E-state index in [1.54, 1.807) is 5.56 Å². The number of fused-ring (bicyclic) bond motifs is 1. The molecule has 0 fully saturated rings.